The van der Waals surface area contributed by atoms with Gasteiger partial charge in [0.1, 0.15) is 18.1 Å². The van der Waals surface area contributed by atoms with E-state index in [2.05, 4.69) is 32.9 Å². The second kappa shape index (κ2) is 6.00. The number of rotatable bonds is 4. The van der Waals surface area contributed by atoms with Gasteiger partial charge in [-0.15, -0.1) is 0 Å². The molecule has 0 N–H and O–H groups in total. The molecule has 0 unspecified atom stereocenters. The fourth-order valence-electron chi connectivity index (χ4n) is 1.98. The van der Waals surface area contributed by atoms with E-state index in [1.165, 1.54) is 5.56 Å². The normalized spacial score (nSPS) is 11.2. The Morgan fingerprint density at radius 3 is 2.20 bits per heavy atom. The SMILES string of the molecule is COc1cccc(COc2ccc(C(C)(C)C)cc2)c1. The summed E-state index contributed by atoms with van der Waals surface area (Å²) in [6, 6.07) is 16.2. The fourth-order valence-corrected chi connectivity index (χ4v) is 1.98. The summed E-state index contributed by atoms with van der Waals surface area (Å²) in [4.78, 5) is 0. The summed E-state index contributed by atoms with van der Waals surface area (Å²) in [6.45, 7) is 7.17. The van der Waals surface area contributed by atoms with Crippen molar-refractivity contribution in [2.75, 3.05) is 7.11 Å². The third kappa shape index (κ3) is 3.77. The zero-order chi connectivity index (χ0) is 14.6. The molecule has 0 amide bonds. The maximum absolute atomic E-state index is 5.80. The van der Waals surface area contributed by atoms with Gasteiger partial charge in [0, 0.05) is 0 Å². The van der Waals surface area contributed by atoms with Gasteiger partial charge in [-0.25, -0.2) is 0 Å². The van der Waals surface area contributed by atoms with Crippen LogP contribution in [0.25, 0.3) is 0 Å². The molecule has 0 aliphatic heterocycles. The van der Waals surface area contributed by atoms with Crippen molar-refractivity contribution >= 4 is 0 Å². The largest absolute Gasteiger partial charge is 0.497 e. The number of methoxy groups -OCH3 is 1. The lowest BCUT2D eigenvalue weighted by Gasteiger charge is -2.19. The Hall–Kier alpha value is -1.96. The number of ether oxygens (including phenoxy) is 2. The standard InChI is InChI=1S/C18H22O2/c1-18(2,3)15-8-10-16(11-9-15)20-13-14-6-5-7-17(12-14)19-4/h5-12H,13H2,1-4H3. The number of hydrogen-bond donors (Lipinski definition) is 0. The lowest BCUT2D eigenvalue weighted by Crippen LogP contribution is -2.10. The molecule has 0 heterocycles. The molecule has 0 aliphatic carbocycles. The summed E-state index contributed by atoms with van der Waals surface area (Å²) in [7, 11) is 1.67. The Morgan fingerprint density at radius 2 is 1.60 bits per heavy atom. The van der Waals surface area contributed by atoms with E-state index in [-0.39, 0.29) is 5.41 Å². The van der Waals surface area contributed by atoms with Gasteiger partial charge in [0.25, 0.3) is 0 Å². The van der Waals surface area contributed by atoms with Gasteiger partial charge in [0.15, 0.2) is 0 Å². The van der Waals surface area contributed by atoms with Gasteiger partial charge >= 0.3 is 0 Å². The molecule has 0 aromatic heterocycles. The Morgan fingerprint density at radius 1 is 0.900 bits per heavy atom. The van der Waals surface area contributed by atoms with Crippen molar-refractivity contribution in [1.82, 2.24) is 0 Å². The second-order valence-electron chi connectivity index (χ2n) is 5.91. The third-order valence-electron chi connectivity index (χ3n) is 3.26. The van der Waals surface area contributed by atoms with Gasteiger partial charge in [0.05, 0.1) is 7.11 Å². The van der Waals surface area contributed by atoms with Gasteiger partial charge in [0.2, 0.25) is 0 Å². The minimum absolute atomic E-state index is 0.172. The average molecular weight is 270 g/mol. The van der Waals surface area contributed by atoms with E-state index >= 15 is 0 Å². The van der Waals surface area contributed by atoms with Crippen LogP contribution in [-0.4, -0.2) is 7.11 Å². The van der Waals surface area contributed by atoms with Crippen molar-refractivity contribution in [3.8, 4) is 11.5 Å². The molecule has 106 valence electrons. The van der Waals surface area contributed by atoms with Gasteiger partial charge in [-0.05, 0) is 40.8 Å². The van der Waals surface area contributed by atoms with Crippen LogP contribution in [0.3, 0.4) is 0 Å². The van der Waals surface area contributed by atoms with Gasteiger partial charge < -0.3 is 9.47 Å². The monoisotopic (exact) mass is 270 g/mol. The molecule has 20 heavy (non-hydrogen) atoms. The van der Waals surface area contributed by atoms with Crippen molar-refractivity contribution < 1.29 is 9.47 Å². The molecular formula is C18H22O2. The Bertz CT molecular complexity index is 550. The first-order valence-corrected chi connectivity index (χ1v) is 6.85. The molecule has 0 saturated heterocycles. The molecular weight excluding hydrogens is 248 g/mol. The van der Waals surface area contributed by atoms with Crippen LogP contribution in [-0.2, 0) is 12.0 Å². The minimum Gasteiger partial charge on any atom is -0.497 e. The van der Waals surface area contributed by atoms with Crippen LogP contribution >= 0.6 is 0 Å². The smallest absolute Gasteiger partial charge is 0.119 e. The summed E-state index contributed by atoms with van der Waals surface area (Å²) in [5.41, 5.74) is 2.58. The molecule has 2 heteroatoms. The maximum atomic E-state index is 5.80. The average Bonchev–Trinajstić information content (AvgIpc) is 2.45. The van der Waals surface area contributed by atoms with E-state index in [0.29, 0.717) is 6.61 Å². The maximum Gasteiger partial charge on any atom is 0.119 e. The van der Waals surface area contributed by atoms with Crippen LogP contribution in [0.15, 0.2) is 48.5 Å². The van der Waals surface area contributed by atoms with Crippen LogP contribution in [0.5, 0.6) is 11.5 Å². The first kappa shape index (κ1) is 14.4. The lowest BCUT2D eigenvalue weighted by molar-refractivity contribution is 0.305. The van der Waals surface area contributed by atoms with E-state index < -0.39 is 0 Å². The molecule has 0 spiro atoms. The molecule has 0 fully saturated rings. The summed E-state index contributed by atoms with van der Waals surface area (Å²) in [5.74, 6) is 1.75. The van der Waals surface area contributed by atoms with Crippen LogP contribution in [0.2, 0.25) is 0 Å². The molecule has 0 saturated carbocycles. The predicted octanol–water partition coefficient (Wildman–Crippen LogP) is 4.57. The molecule has 0 radical (unpaired) electrons. The summed E-state index contributed by atoms with van der Waals surface area (Å²) in [5, 5.41) is 0. The molecule has 2 rings (SSSR count). The Balaban J connectivity index is 2.00. The highest BCUT2D eigenvalue weighted by molar-refractivity contribution is 5.32. The third-order valence-corrected chi connectivity index (χ3v) is 3.26. The van der Waals surface area contributed by atoms with E-state index in [4.69, 9.17) is 9.47 Å². The van der Waals surface area contributed by atoms with Gasteiger partial charge in [-0.2, -0.15) is 0 Å². The van der Waals surface area contributed by atoms with Crippen molar-refractivity contribution in [1.29, 1.82) is 0 Å². The second-order valence-corrected chi connectivity index (χ2v) is 5.91. The highest BCUT2D eigenvalue weighted by atomic mass is 16.5. The van der Waals surface area contributed by atoms with Crippen molar-refractivity contribution in [2.24, 2.45) is 0 Å². The minimum atomic E-state index is 0.172. The zero-order valence-corrected chi connectivity index (χ0v) is 12.6. The van der Waals surface area contributed by atoms with Crippen LogP contribution in [0.4, 0.5) is 0 Å². The van der Waals surface area contributed by atoms with Crippen molar-refractivity contribution in [3.63, 3.8) is 0 Å². The van der Waals surface area contributed by atoms with E-state index in [1.54, 1.807) is 7.11 Å². The molecule has 0 aliphatic rings. The van der Waals surface area contributed by atoms with Crippen LogP contribution in [0, 0.1) is 0 Å². The fraction of sp³-hybridized carbons (Fsp3) is 0.333. The molecule has 2 aromatic rings. The summed E-state index contributed by atoms with van der Waals surface area (Å²) < 4.78 is 11.0. The highest BCUT2D eigenvalue weighted by Crippen LogP contribution is 2.24. The Kier molecular flexibility index (Phi) is 4.33. The molecule has 0 bridgehead atoms. The summed E-state index contributed by atoms with van der Waals surface area (Å²) >= 11 is 0. The van der Waals surface area contributed by atoms with Crippen LogP contribution < -0.4 is 9.47 Å². The van der Waals surface area contributed by atoms with Crippen molar-refractivity contribution in [3.05, 3.63) is 59.7 Å². The lowest BCUT2D eigenvalue weighted by atomic mass is 9.87. The number of benzene rings is 2. The van der Waals surface area contributed by atoms with E-state index in [1.807, 2.05) is 36.4 Å². The van der Waals surface area contributed by atoms with E-state index in [0.717, 1.165) is 17.1 Å². The number of hydrogen-bond acceptors (Lipinski definition) is 2. The Labute approximate surface area is 121 Å². The topological polar surface area (TPSA) is 18.5 Å². The van der Waals surface area contributed by atoms with Crippen LogP contribution in [0.1, 0.15) is 31.9 Å². The molecule has 0 atom stereocenters. The predicted molar refractivity (Wildman–Crippen MR) is 82.5 cm³/mol. The quantitative estimate of drug-likeness (QED) is 0.810. The van der Waals surface area contributed by atoms with Crippen molar-refractivity contribution in [2.45, 2.75) is 32.8 Å². The van der Waals surface area contributed by atoms with Gasteiger partial charge in [-0.3, -0.25) is 0 Å². The molecule has 2 aromatic carbocycles. The molecule has 2 nitrogen and oxygen atoms in total. The first-order chi connectivity index (χ1) is 9.49. The highest BCUT2D eigenvalue weighted by Gasteiger charge is 2.12. The van der Waals surface area contributed by atoms with Gasteiger partial charge in [-0.1, -0.05) is 45.0 Å². The first-order valence-electron chi connectivity index (χ1n) is 6.85. The zero-order valence-electron chi connectivity index (χ0n) is 12.6. The summed E-state index contributed by atoms with van der Waals surface area (Å²) in [6.07, 6.45) is 0. The van der Waals surface area contributed by atoms with E-state index in [9.17, 15) is 0 Å².